The number of piperazine rings is 1. The van der Waals surface area contributed by atoms with Gasteiger partial charge in [0.25, 0.3) is 0 Å². The van der Waals surface area contributed by atoms with Crippen LogP contribution in [0.25, 0.3) is 0 Å². The van der Waals surface area contributed by atoms with Crippen molar-refractivity contribution in [3.63, 3.8) is 0 Å². The molecule has 6 nitrogen and oxygen atoms in total. The van der Waals surface area contributed by atoms with Crippen LogP contribution in [0.4, 0.5) is 9.18 Å². The van der Waals surface area contributed by atoms with Crippen molar-refractivity contribution in [2.75, 3.05) is 13.1 Å². The summed E-state index contributed by atoms with van der Waals surface area (Å²) in [6, 6.07) is 8.21. The van der Waals surface area contributed by atoms with Crippen LogP contribution in [0.2, 0.25) is 0 Å². The molecule has 144 valence electrons. The number of rotatable bonds is 5. The lowest BCUT2D eigenvalue weighted by Crippen LogP contribution is -2.57. The van der Waals surface area contributed by atoms with Gasteiger partial charge in [0.1, 0.15) is 24.8 Å². The summed E-state index contributed by atoms with van der Waals surface area (Å²) in [5.41, 5.74) is 1.19. The molecule has 0 bridgehead atoms. The van der Waals surface area contributed by atoms with Gasteiger partial charge in [0.15, 0.2) is 0 Å². The molecule has 2 heterocycles. The lowest BCUT2D eigenvalue weighted by Gasteiger charge is -2.38. The summed E-state index contributed by atoms with van der Waals surface area (Å²) in [5, 5.41) is 3.26. The Hall–Kier alpha value is -2.67. The summed E-state index contributed by atoms with van der Waals surface area (Å²) in [7, 11) is 0. The van der Waals surface area contributed by atoms with Crippen LogP contribution in [0.5, 0.6) is 5.75 Å². The van der Waals surface area contributed by atoms with Crippen molar-refractivity contribution in [3.8, 4) is 5.75 Å². The van der Waals surface area contributed by atoms with E-state index in [1.165, 1.54) is 6.07 Å². The van der Waals surface area contributed by atoms with E-state index in [9.17, 15) is 9.18 Å². The molecule has 27 heavy (non-hydrogen) atoms. The van der Waals surface area contributed by atoms with E-state index < -0.39 is 11.9 Å². The number of amides is 1. The zero-order valence-electron chi connectivity index (χ0n) is 15.5. The van der Waals surface area contributed by atoms with Gasteiger partial charge in [-0.2, -0.15) is 0 Å². The Kier molecular flexibility index (Phi) is 6.24. The molecule has 0 spiro atoms. The highest BCUT2D eigenvalue weighted by Crippen LogP contribution is 2.20. The van der Waals surface area contributed by atoms with Crippen LogP contribution in [0, 0.1) is 5.82 Å². The molecule has 0 saturated carbocycles. The molecule has 3 rings (SSSR count). The van der Waals surface area contributed by atoms with E-state index in [4.69, 9.17) is 9.47 Å². The Labute approximate surface area is 158 Å². The topological polar surface area (TPSA) is 63.7 Å². The quantitative estimate of drug-likeness (QED) is 0.872. The van der Waals surface area contributed by atoms with Gasteiger partial charge in [-0.25, -0.2) is 9.18 Å². The average molecular weight is 373 g/mol. The molecule has 0 radical (unpaired) electrons. The van der Waals surface area contributed by atoms with Crippen molar-refractivity contribution in [1.29, 1.82) is 0 Å². The molecular weight excluding hydrogens is 349 g/mol. The second-order valence-corrected chi connectivity index (χ2v) is 6.72. The first-order valence-corrected chi connectivity index (χ1v) is 9.00. The predicted molar refractivity (Wildman–Crippen MR) is 98.8 cm³/mol. The van der Waals surface area contributed by atoms with Crippen LogP contribution < -0.4 is 10.1 Å². The SMILES string of the molecule is CC1CNCC(C)N1C(=O)OCc1cc(OCc2cccnc2)ccc1F. The van der Waals surface area contributed by atoms with Crippen LogP contribution in [0.15, 0.2) is 42.7 Å². The van der Waals surface area contributed by atoms with Gasteiger partial charge in [-0.3, -0.25) is 4.98 Å². The Morgan fingerprint density at radius 2 is 2.04 bits per heavy atom. The van der Waals surface area contributed by atoms with Crippen molar-refractivity contribution in [3.05, 3.63) is 59.7 Å². The van der Waals surface area contributed by atoms with E-state index in [1.54, 1.807) is 29.4 Å². The zero-order chi connectivity index (χ0) is 19.2. The molecule has 1 aromatic heterocycles. The van der Waals surface area contributed by atoms with Gasteiger partial charge < -0.3 is 19.7 Å². The fraction of sp³-hybridized carbons (Fsp3) is 0.400. The maximum absolute atomic E-state index is 14.1. The normalized spacial score (nSPS) is 19.6. The third-order valence-electron chi connectivity index (χ3n) is 4.54. The van der Waals surface area contributed by atoms with Crippen molar-refractivity contribution in [2.24, 2.45) is 0 Å². The monoisotopic (exact) mass is 373 g/mol. The van der Waals surface area contributed by atoms with Gasteiger partial charge in [-0.1, -0.05) is 6.07 Å². The highest BCUT2D eigenvalue weighted by molar-refractivity contribution is 5.68. The molecule has 2 unspecified atom stereocenters. The molecule has 1 fully saturated rings. The number of ether oxygens (including phenoxy) is 2. The number of benzene rings is 1. The van der Waals surface area contributed by atoms with E-state index in [1.807, 2.05) is 26.0 Å². The summed E-state index contributed by atoms with van der Waals surface area (Å²) in [6.45, 7) is 5.53. The fourth-order valence-electron chi connectivity index (χ4n) is 3.11. The summed E-state index contributed by atoms with van der Waals surface area (Å²) in [6.07, 6.45) is 2.97. The number of pyridine rings is 1. The van der Waals surface area contributed by atoms with Crippen LogP contribution in [0.3, 0.4) is 0 Å². The van der Waals surface area contributed by atoms with Crippen molar-refractivity contribution >= 4 is 6.09 Å². The molecule has 1 amide bonds. The maximum atomic E-state index is 14.1. The van der Waals surface area contributed by atoms with Crippen LogP contribution in [-0.4, -0.2) is 41.2 Å². The third kappa shape index (κ3) is 4.95. The molecule has 2 atom stereocenters. The maximum Gasteiger partial charge on any atom is 0.410 e. The summed E-state index contributed by atoms with van der Waals surface area (Å²) in [5.74, 6) is 0.0770. The number of nitrogens with zero attached hydrogens (tertiary/aromatic N) is 2. The fourth-order valence-corrected chi connectivity index (χ4v) is 3.11. The number of aromatic nitrogens is 1. The second kappa shape index (κ2) is 8.81. The van der Waals surface area contributed by atoms with Gasteiger partial charge in [0, 0.05) is 48.7 Å². The van der Waals surface area contributed by atoms with E-state index in [0.29, 0.717) is 25.4 Å². The highest BCUT2D eigenvalue weighted by atomic mass is 19.1. The minimum Gasteiger partial charge on any atom is -0.489 e. The Balaban J connectivity index is 1.60. The number of carbonyl (C=O) groups excluding carboxylic acids is 1. The van der Waals surface area contributed by atoms with E-state index in [2.05, 4.69) is 10.3 Å². The summed E-state index contributed by atoms with van der Waals surface area (Å²) in [4.78, 5) is 18.1. The molecule has 2 aromatic rings. The minimum atomic E-state index is -0.433. The van der Waals surface area contributed by atoms with Gasteiger partial charge in [-0.05, 0) is 38.1 Å². The Morgan fingerprint density at radius 1 is 1.26 bits per heavy atom. The lowest BCUT2D eigenvalue weighted by atomic mass is 10.1. The smallest absolute Gasteiger partial charge is 0.410 e. The molecule has 1 aliphatic heterocycles. The first-order valence-electron chi connectivity index (χ1n) is 9.00. The minimum absolute atomic E-state index is 0.0280. The first-order chi connectivity index (χ1) is 13.0. The number of hydrogen-bond donors (Lipinski definition) is 1. The van der Waals surface area contributed by atoms with Gasteiger partial charge in [-0.15, -0.1) is 0 Å². The molecule has 7 heteroatoms. The molecule has 1 saturated heterocycles. The molecule has 1 aliphatic rings. The van der Waals surface area contributed by atoms with Gasteiger partial charge in [0.2, 0.25) is 0 Å². The number of carbonyl (C=O) groups is 1. The van der Waals surface area contributed by atoms with E-state index >= 15 is 0 Å². The van der Waals surface area contributed by atoms with Crippen LogP contribution >= 0.6 is 0 Å². The predicted octanol–water partition coefficient (Wildman–Crippen LogP) is 3.12. The summed E-state index contributed by atoms with van der Waals surface area (Å²) < 4.78 is 25.1. The van der Waals surface area contributed by atoms with Gasteiger partial charge >= 0.3 is 6.09 Å². The molecule has 1 aromatic carbocycles. The Morgan fingerprint density at radius 3 is 2.74 bits per heavy atom. The average Bonchev–Trinajstić information content (AvgIpc) is 2.67. The lowest BCUT2D eigenvalue weighted by molar-refractivity contribution is 0.0557. The number of hydrogen-bond acceptors (Lipinski definition) is 5. The van der Waals surface area contributed by atoms with Crippen molar-refractivity contribution in [2.45, 2.75) is 39.1 Å². The highest BCUT2D eigenvalue weighted by Gasteiger charge is 2.30. The number of nitrogens with one attached hydrogen (secondary N) is 1. The van der Waals surface area contributed by atoms with Gasteiger partial charge in [0.05, 0.1) is 0 Å². The van der Waals surface area contributed by atoms with Crippen LogP contribution in [-0.2, 0) is 18.0 Å². The van der Waals surface area contributed by atoms with Crippen LogP contribution in [0.1, 0.15) is 25.0 Å². The number of halogens is 1. The molecule has 0 aliphatic carbocycles. The molecular formula is C20H24FN3O3. The zero-order valence-corrected chi connectivity index (χ0v) is 15.5. The van der Waals surface area contributed by atoms with Crippen molar-refractivity contribution in [1.82, 2.24) is 15.2 Å². The van der Waals surface area contributed by atoms with E-state index in [-0.39, 0.29) is 24.3 Å². The van der Waals surface area contributed by atoms with E-state index in [0.717, 1.165) is 5.56 Å². The molecule has 1 N–H and O–H groups in total. The third-order valence-corrected chi connectivity index (χ3v) is 4.54. The van der Waals surface area contributed by atoms with Crippen molar-refractivity contribution < 1.29 is 18.7 Å². The first kappa shape index (κ1) is 19.1. The largest absolute Gasteiger partial charge is 0.489 e. The Bertz CT molecular complexity index is 762. The summed E-state index contributed by atoms with van der Waals surface area (Å²) >= 11 is 0. The second-order valence-electron chi connectivity index (χ2n) is 6.72. The standard InChI is InChI=1S/C20H24FN3O3/c1-14-9-23-10-15(2)24(14)20(25)27-13-17-8-18(5-6-19(17)21)26-12-16-4-3-7-22-11-16/h3-8,11,14-15,23H,9-10,12-13H2,1-2H3.